The van der Waals surface area contributed by atoms with Crippen LogP contribution in [0.2, 0.25) is 0 Å². The van der Waals surface area contributed by atoms with E-state index in [0.717, 1.165) is 29.5 Å². The Hall–Kier alpha value is -4.26. The number of carbonyl (C=O) groups is 1. The maximum atomic E-state index is 14.2. The third kappa shape index (κ3) is 4.13. The summed E-state index contributed by atoms with van der Waals surface area (Å²) in [5, 5.41) is 26.7. The molecule has 0 aliphatic heterocycles. The molecule has 32 heavy (non-hydrogen) atoms. The van der Waals surface area contributed by atoms with Crippen molar-refractivity contribution in [1.82, 2.24) is 14.8 Å². The highest BCUT2D eigenvalue weighted by Gasteiger charge is 2.26. The molecule has 11 nitrogen and oxygen atoms in total. The average molecular weight is 456 g/mol. The van der Waals surface area contributed by atoms with E-state index in [9.17, 15) is 29.4 Å². The van der Waals surface area contributed by atoms with Crippen molar-refractivity contribution in [3.05, 3.63) is 86.5 Å². The highest BCUT2D eigenvalue weighted by molar-refractivity contribution is 7.22. The number of aromatic nitrogens is 3. The van der Waals surface area contributed by atoms with E-state index in [1.165, 1.54) is 17.0 Å². The van der Waals surface area contributed by atoms with Gasteiger partial charge in [-0.05, 0) is 18.2 Å². The van der Waals surface area contributed by atoms with Crippen LogP contribution in [0.4, 0.5) is 20.9 Å². The lowest BCUT2D eigenvalue weighted by Gasteiger charge is -2.20. The molecule has 162 valence electrons. The predicted molar refractivity (Wildman–Crippen MR) is 113 cm³/mol. The minimum absolute atomic E-state index is 0.0401. The molecule has 0 N–H and O–H groups in total. The van der Waals surface area contributed by atoms with Gasteiger partial charge in [0.25, 0.3) is 17.3 Å². The molecule has 0 fully saturated rings. The summed E-state index contributed by atoms with van der Waals surface area (Å²) < 4.78 is 16.2. The molecule has 4 rings (SSSR count). The van der Waals surface area contributed by atoms with Gasteiger partial charge in [0.2, 0.25) is 0 Å². The predicted octanol–water partition coefficient (Wildman–Crippen LogP) is 3.80. The topological polar surface area (TPSA) is 137 Å². The molecule has 0 unspecified atom stereocenters. The van der Waals surface area contributed by atoms with Crippen LogP contribution in [-0.2, 0) is 6.54 Å². The first kappa shape index (κ1) is 21.0. The molecule has 0 aliphatic rings. The van der Waals surface area contributed by atoms with Crippen molar-refractivity contribution in [1.29, 1.82) is 0 Å². The zero-order valence-electron chi connectivity index (χ0n) is 16.1. The van der Waals surface area contributed by atoms with E-state index in [0.29, 0.717) is 4.70 Å². The fraction of sp³-hybridized carbons (Fsp3) is 0.105. The number of thiazole rings is 1. The van der Waals surface area contributed by atoms with Gasteiger partial charge in [0, 0.05) is 31.1 Å². The van der Waals surface area contributed by atoms with Crippen LogP contribution in [0.3, 0.4) is 0 Å². The van der Waals surface area contributed by atoms with E-state index < -0.39 is 32.9 Å². The number of nitro benzene ring substituents is 2. The van der Waals surface area contributed by atoms with Crippen molar-refractivity contribution in [3.8, 4) is 0 Å². The van der Waals surface area contributed by atoms with Gasteiger partial charge in [-0.3, -0.25) is 34.6 Å². The third-order valence-electron chi connectivity index (χ3n) is 4.52. The Morgan fingerprint density at radius 2 is 1.84 bits per heavy atom. The number of anilines is 1. The summed E-state index contributed by atoms with van der Waals surface area (Å²) in [5.74, 6) is -1.31. The average Bonchev–Trinajstić information content (AvgIpc) is 3.44. The maximum Gasteiger partial charge on any atom is 0.277 e. The fourth-order valence-corrected chi connectivity index (χ4v) is 4.03. The first-order valence-corrected chi connectivity index (χ1v) is 9.93. The number of amides is 1. The van der Waals surface area contributed by atoms with Gasteiger partial charge in [0.15, 0.2) is 5.13 Å². The summed E-state index contributed by atoms with van der Waals surface area (Å²) in [6.45, 7) is 0.284. The van der Waals surface area contributed by atoms with Crippen LogP contribution in [0.5, 0.6) is 0 Å². The SMILES string of the molecule is O=C(c1cc([N+](=O)[O-])cc([N+](=O)[O-])c1)N(CCn1cccn1)c1nc2c(F)cccc2s1. The van der Waals surface area contributed by atoms with Crippen molar-refractivity contribution in [2.75, 3.05) is 11.4 Å². The van der Waals surface area contributed by atoms with Gasteiger partial charge in [0.1, 0.15) is 11.3 Å². The molecule has 13 heteroatoms. The standard InChI is InChI=1S/C19H13FN6O5S/c20-15-3-1-4-16-17(15)22-19(32-16)24(8-7-23-6-2-5-21-23)18(27)12-9-13(25(28)29)11-14(10-12)26(30)31/h1-6,9-11H,7-8H2. The van der Waals surface area contributed by atoms with Crippen molar-refractivity contribution in [2.45, 2.75) is 6.54 Å². The number of non-ortho nitro benzene ring substituents is 2. The quantitative estimate of drug-likeness (QED) is 0.305. The lowest BCUT2D eigenvalue weighted by Crippen LogP contribution is -2.34. The largest absolute Gasteiger partial charge is 0.282 e. The van der Waals surface area contributed by atoms with Gasteiger partial charge < -0.3 is 0 Å². The molecule has 2 heterocycles. The smallest absolute Gasteiger partial charge is 0.277 e. The van der Waals surface area contributed by atoms with E-state index in [1.54, 1.807) is 29.2 Å². The first-order chi connectivity index (χ1) is 15.3. The molecule has 0 atom stereocenters. The molecule has 1 amide bonds. The molecule has 0 saturated carbocycles. The second kappa shape index (κ2) is 8.47. The number of carbonyl (C=O) groups excluding carboxylic acids is 1. The summed E-state index contributed by atoms with van der Waals surface area (Å²) in [5.41, 5.74) is -1.37. The number of fused-ring (bicyclic) bond motifs is 1. The zero-order chi connectivity index (χ0) is 22.8. The molecule has 0 radical (unpaired) electrons. The summed E-state index contributed by atoms with van der Waals surface area (Å²) in [4.78, 5) is 39.6. The Bertz CT molecular complexity index is 1310. The monoisotopic (exact) mass is 456 g/mol. The normalized spacial score (nSPS) is 10.9. The molecule has 2 aromatic carbocycles. The Morgan fingerprint density at radius 1 is 1.12 bits per heavy atom. The highest BCUT2D eigenvalue weighted by Crippen LogP contribution is 2.32. The fourth-order valence-electron chi connectivity index (χ4n) is 3.02. The lowest BCUT2D eigenvalue weighted by molar-refractivity contribution is -0.394. The van der Waals surface area contributed by atoms with Gasteiger partial charge in [-0.15, -0.1) is 0 Å². The molecule has 0 saturated heterocycles. The van der Waals surface area contributed by atoms with E-state index in [4.69, 9.17) is 0 Å². The number of hydrogen-bond donors (Lipinski definition) is 0. The van der Waals surface area contributed by atoms with Crippen molar-refractivity contribution >= 4 is 44.0 Å². The number of halogens is 1. The number of benzene rings is 2. The molecule has 2 aromatic heterocycles. The summed E-state index contributed by atoms with van der Waals surface area (Å²) in [6, 6.07) is 8.80. The van der Waals surface area contributed by atoms with Gasteiger partial charge in [-0.2, -0.15) is 5.10 Å². The number of rotatable bonds is 7. The zero-order valence-corrected chi connectivity index (χ0v) is 16.9. The Labute approximate surface area is 182 Å². The number of nitrogens with zero attached hydrogens (tertiary/aromatic N) is 6. The number of hydrogen-bond acceptors (Lipinski definition) is 8. The van der Waals surface area contributed by atoms with Crippen LogP contribution in [0.1, 0.15) is 10.4 Å². The van der Waals surface area contributed by atoms with Gasteiger partial charge >= 0.3 is 0 Å². The molecular weight excluding hydrogens is 443 g/mol. The van der Waals surface area contributed by atoms with Gasteiger partial charge in [0.05, 0.1) is 32.7 Å². The first-order valence-electron chi connectivity index (χ1n) is 9.11. The second-order valence-corrected chi connectivity index (χ2v) is 7.57. The maximum absolute atomic E-state index is 14.2. The lowest BCUT2D eigenvalue weighted by atomic mass is 10.1. The molecule has 4 aromatic rings. The van der Waals surface area contributed by atoms with Crippen LogP contribution in [-0.4, -0.2) is 37.1 Å². The van der Waals surface area contributed by atoms with E-state index in [1.807, 2.05) is 0 Å². The number of nitro groups is 2. The van der Waals surface area contributed by atoms with Crippen LogP contribution in [0.15, 0.2) is 54.9 Å². The van der Waals surface area contributed by atoms with Crippen molar-refractivity contribution in [2.24, 2.45) is 0 Å². The summed E-state index contributed by atoms with van der Waals surface area (Å²) in [6.07, 6.45) is 3.24. The van der Waals surface area contributed by atoms with E-state index >= 15 is 0 Å². The third-order valence-corrected chi connectivity index (χ3v) is 5.56. The molecule has 0 spiro atoms. The Morgan fingerprint density at radius 3 is 2.44 bits per heavy atom. The van der Waals surface area contributed by atoms with Crippen LogP contribution >= 0.6 is 11.3 Å². The summed E-state index contributed by atoms with van der Waals surface area (Å²) in [7, 11) is 0. The Kier molecular flexibility index (Phi) is 5.55. The van der Waals surface area contributed by atoms with Crippen LogP contribution in [0, 0.1) is 26.0 Å². The highest BCUT2D eigenvalue weighted by atomic mass is 32.1. The Balaban J connectivity index is 1.78. The molecular formula is C19H13FN6O5S. The second-order valence-electron chi connectivity index (χ2n) is 6.56. The van der Waals surface area contributed by atoms with Crippen molar-refractivity contribution < 1.29 is 19.0 Å². The van der Waals surface area contributed by atoms with Crippen LogP contribution in [0.25, 0.3) is 10.2 Å². The van der Waals surface area contributed by atoms with E-state index in [-0.39, 0.29) is 29.3 Å². The molecule has 0 bridgehead atoms. The minimum Gasteiger partial charge on any atom is -0.282 e. The van der Waals surface area contributed by atoms with Crippen molar-refractivity contribution in [3.63, 3.8) is 0 Å². The molecule has 0 aliphatic carbocycles. The van der Waals surface area contributed by atoms with Gasteiger partial charge in [-0.1, -0.05) is 17.4 Å². The minimum atomic E-state index is -0.815. The number of para-hydroxylation sites is 1. The summed E-state index contributed by atoms with van der Waals surface area (Å²) >= 11 is 1.06. The van der Waals surface area contributed by atoms with Crippen LogP contribution < -0.4 is 4.90 Å². The van der Waals surface area contributed by atoms with E-state index in [2.05, 4.69) is 10.1 Å². The van der Waals surface area contributed by atoms with Gasteiger partial charge in [-0.25, -0.2) is 9.37 Å².